The van der Waals surface area contributed by atoms with Crippen molar-refractivity contribution in [2.75, 3.05) is 5.32 Å². The molecular weight excluding hydrogens is 336 g/mol. The lowest BCUT2D eigenvalue weighted by atomic mass is 10.1. The van der Waals surface area contributed by atoms with Gasteiger partial charge in [-0.15, -0.1) is 0 Å². The molecule has 1 aliphatic carbocycles. The van der Waals surface area contributed by atoms with Gasteiger partial charge in [0, 0.05) is 24.3 Å². The van der Waals surface area contributed by atoms with Gasteiger partial charge in [0.1, 0.15) is 5.15 Å². The zero-order valence-electron chi connectivity index (χ0n) is 14.8. The maximum atomic E-state index is 12.9. The summed E-state index contributed by atoms with van der Waals surface area (Å²) in [5.41, 5.74) is 2.96. The smallest absolute Gasteiger partial charge is 0.317 e. The minimum Gasteiger partial charge on any atom is -0.317 e. The van der Waals surface area contributed by atoms with E-state index in [1.807, 2.05) is 29.2 Å². The molecule has 0 unspecified atom stereocenters. The number of aromatic nitrogens is 2. The maximum Gasteiger partial charge on any atom is 0.322 e. The summed E-state index contributed by atoms with van der Waals surface area (Å²) in [5, 5.41) is 7.80. The highest BCUT2D eigenvalue weighted by molar-refractivity contribution is 6.30. The van der Waals surface area contributed by atoms with Crippen LogP contribution in [0.25, 0.3) is 0 Å². The number of anilines is 1. The number of carbonyl (C=O) groups excluding carboxylic acids is 1. The molecule has 3 rings (SSSR count). The summed E-state index contributed by atoms with van der Waals surface area (Å²) in [6.07, 6.45) is 7.15. The zero-order chi connectivity index (χ0) is 17.8. The van der Waals surface area contributed by atoms with Gasteiger partial charge in [0.2, 0.25) is 0 Å². The Hall–Kier alpha value is -2.01. The summed E-state index contributed by atoms with van der Waals surface area (Å²) < 4.78 is 1.63. The molecule has 1 fully saturated rings. The van der Waals surface area contributed by atoms with E-state index in [0.29, 0.717) is 11.7 Å². The lowest BCUT2D eigenvalue weighted by Crippen LogP contribution is -2.41. The van der Waals surface area contributed by atoms with Gasteiger partial charge in [0.25, 0.3) is 0 Å². The first-order valence-electron chi connectivity index (χ1n) is 8.91. The monoisotopic (exact) mass is 360 g/mol. The number of benzene rings is 1. The van der Waals surface area contributed by atoms with Gasteiger partial charge in [0.15, 0.2) is 0 Å². The third-order valence-electron chi connectivity index (χ3n) is 4.92. The quantitative estimate of drug-likeness (QED) is 0.846. The summed E-state index contributed by atoms with van der Waals surface area (Å²) in [5.74, 6) is 0. The molecular formula is C19H25ClN4O. The van der Waals surface area contributed by atoms with Crippen molar-refractivity contribution >= 4 is 23.3 Å². The summed E-state index contributed by atoms with van der Waals surface area (Å²) >= 11 is 6.30. The predicted molar refractivity (Wildman–Crippen MR) is 101 cm³/mol. The highest BCUT2D eigenvalue weighted by Gasteiger charge is 2.28. The number of hydrogen-bond acceptors (Lipinski definition) is 2. The molecule has 0 aliphatic heterocycles. The molecule has 0 atom stereocenters. The van der Waals surface area contributed by atoms with Crippen LogP contribution in [0.4, 0.5) is 10.5 Å². The minimum absolute atomic E-state index is 0.0731. The van der Waals surface area contributed by atoms with Gasteiger partial charge in [-0.05, 0) is 37.0 Å². The average Bonchev–Trinajstić information content (AvgIpc) is 3.25. The van der Waals surface area contributed by atoms with Crippen molar-refractivity contribution in [3.8, 4) is 0 Å². The van der Waals surface area contributed by atoms with Crippen LogP contribution < -0.4 is 5.32 Å². The Morgan fingerprint density at radius 3 is 2.56 bits per heavy atom. The van der Waals surface area contributed by atoms with Crippen molar-refractivity contribution in [1.29, 1.82) is 0 Å². The molecule has 1 N–H and O–H groups in total. The molecule has 1 saturated carbocycles. The topological polar surface area (TPSA) is 50.2 Å². The Balaban J connectivity index is 1.75. The molecule has 1 heterocycles. The van der Waals surface area contributed by atoms with Crippen LogP contribution in [0.3, 0.4) is 0 Å². The fourth-order valence-corrected chi connectivity index (χ4v) is 3.51. The highest BCUT2D eigenvalue weighted by atomic mass is 35.5. The molecule has 0 bridgehead atoms. The fraction of sp³-hybridized carbons (Fsp3) is 0.474. The van der Waals surface area contributed by atoms with E-state index in [1.165, 1.54) is 18.4 Å². The van der Waals surface area contributed by atoms with Gasteiger partial charge in [-0.1, -0.05) is 43.5 Å². The molecule has 5 nitrogen and oxygen atoms in total. The van der Waals surface area contributed by atoms with Crippen molar-refractivity contribution in [1.82, 2.24) is 14.7 Å². The standard InChI is InChI=1S/C19H25ClN4O/c1-3-14-8-10-16(11-9-14)22-19(25)24(17-6-4-5-7-17)13-15-12-21-23(2)18(15)20/h8-12,17H,3-7,13H2,1-2H3,(H,22,25). The molecule has 0 saturated heterocycles. The predicted octanol–water partition coefficient (Wildman–Crippen LogP) is 4.61. The van der Waals surface area contributed by atoms with Gasteiger partial charge < -0.3 is 10.2 Å². The Bertz CT molecular complexity index is 720. The van der Waals surface area contributed by atoms with Crippen LogP contribution in [-0.2, 0) is 20.0 Å². The molecule has 6 heteroatoms. The van der Waals surface area contributed by atoms with E-state index in [1.54, 1.807) is 17.9 Å². The van der Waals surface area contributed by atoms with E-state index in [-0.39, 0.29) is 12.1 Å². The minimum atomic E-state index is -0.0731. The Morgan fingerprint density at radius 2 is 2.00 bits per heavy atom. The van der Waals surface area contributed by atoms with E-state index in [9.17, 15) is 4.79 Å². The average molecular weight is 361 g/mol. The highest BCUT2D eigenvalue weighted by Crippen LogP contribution is 2.27. The Kier molecular flexibility index (Phi) is 5.63. The van der Waals surface area contributed by atoms with Gasteiger partial charge in [-0.2, -0.15) is 5.10 Å². The summed E-state index contributed by atoms with van der Waals surface area (Å²) in [7, 11) is 1.81. The second-order valence-electron chi connectivity index (χ2n) is 6.63. The number of amides is 2. The number of carbonyl (C=O) groups is 1. The van der Waals surface area contributed by atoms with Crippen LogP contribution in [0, 0.1) is 0 Å². The fourth-order valence-electron chi connectivity index (χ4n) is 3.36. The van der Waals surface area contributed by atoms with Crippen LogP contribution in [0.5, 0.6) is 0 Å². The van der Waals surface area contributed by atoms with Gasteiger partial charge >= 0.3 is 6.03 Å². The van der Waals surface area contributed by atoms with Crippen LogP contribution in [-0.4, -0.2) is 26.8 Å². The molecule has 25 heavy (non-hydrogen) atoms. The first-order valence-corrected chi connectivity index (χ1v) is 9.29. The maximum absolute atomic E-state index is 12.9. The van der Waals surface area contributed by atoms with Crippen molar-refractivity contribution < 1.29 is 4.79 Å². The summed E-state index contributed by atoms with van der Waals surface area (Å²) in [6.45, 7) is 2.60. The third kappa shape index (κ3) is 4.15. The molecule has 0 radical (unpaired) electrons. The van der Waals surface area contributed by atoms with Crippen LogP contribution in [0.1, 0.15) is 43.7 Å². The number of nitrogens with one attached hydrogen (secondary N) is 1. The normalized spacial score (nSPS) is 14.7. The van der Waals surface area contributed by atoms with Gasteiger partial charge in [0.05, 0.1) is 12.7 Å². The first-order chi connectivity index (χ1) is 12.1. The van der Waals surface area contributed by atoms with E-state index in [0.717, 1.165) is 30.5 Å². The summed E-state index contributed by atoms with van der Waals surface area (Å²) in [4.78, 5) is 14.8. The number of hydrogen-bond donors (Lipinski definition) is 1. The van der Waals surface area contributed by atoms with E-state index < -0.39 is 0 Å². The lowest BCUT2D eigenvalue weighted by Gasteiger charge is -2.29. The zero-order valence-corrected chi connectivity index (χ0v) is 15.6. The number of halogens is 1. The van der Waals surface area contributed by atoms with Crippen molar-refractivity contribution in [3.05, 3.63) is 46.7 Å². The SMILES string of the molecule is CCc1ccc(NC(=O)N(Cc2cnn(C)c2Cl)C2CCCC2)cc1. The molecule has 0 spiro atoms. The van der Waals surface area contributed by atoms with Gasteiger partial charge in [-0.3, -0.25) is 4.68 Å². The Labute approximate surface area is 154 Å². The van der Waals surface area contributed by atoms with Crippen LogP contribution in [0.2, 0.25) is 5.15 Å². The first kappa shape index (κ1) is 17.8. The third-order valence-corrected chi connectivity index (χ3v) is 5.40. The van der Waals surface area contributed by atoms with Crippen LogP contribution >= 0.6 is 11.6 Å². The van der Waals surface area contributed by atoms with E-state index in [2.05, 4.69) is 17.3 Å². The molecule has 134 valence electrons. The second-order valence-corrected chi connectivity index (χ2v) is 6.99. The second kappa shape index (κ2) is 7.91. The molecule has 1 aromatic heterocycles. The number of urea groups is 1. The van der Waals surface area contributed by atoms with Crippen LogP contribution in [0.15, 0.2) is 30.5 Å². The van der Waals surface area contributed by atoms with Crippen molar-refractivity contribution in [2.45, 2.75) is 51.6 Å². The number of aryl methyl sites for hydroxylation is 2. The van der Waals surface area contributed by atoms with E-state index in [4.69, 9.17) is 11.6 Å². The summed E-state index contributed by atoms with van der Waals surface area (Å²) in [6, 6.07) is 8.20. The number of rotatable bonds is 5. The largest absolute Gasteiger partial charge is 0.322 e. The molecule has 2 amide bonds. The Morgan fingerprint density at radius 1 is 1.32 bits per heavy atom. The molecule has 1 aliphatic rings. The van der Waals surface area contributed by atoms with Gasteiger partial charge in [-0.25, -0.2) is 4.79 Å². The van der Waals surface area contributed by atoms with Crippen molar-refractivity contribution in [2.24, 2.45) is 7.05 Å². The molecule has 2 aromatic rings. The van der Waals surface area contributed by atoms with Crippen molar-refractivity contribution in [3.63, 3.8) is 0 Å². The van der Waals surface area contributed by atoms with E-state index >= 15 is 0 Å². The molecule has 1 aromatic carbocycles. The lowest BCUT2D eigenvalue weighted by molar-refractivity contribution is 0.184. The number of nitrogens with zero attached hydrogens (tertiary/aromatic N) is 3.